The zero-order chi connectivity index (χ0) is 17.8. The molecule has 1 N–H and O–H groups in total. The average Bonchev–Trinajstić information content (AvgIpc) is 3.10. The second-order valence-electron chi connectivity index (χ2n) is 6.35. The van der Waals surface area contributed by atoms with E-state index in [1.165, 1.54) is 17.3 Å². The van der Waals surface area contributed by atoms with E-state index in [-0.39, 0.29) is 11.2 Å². The molecule has 0 unspecified atom stereocenters. The van der Waals surface area contributed by atoms with Crippen molar-refractivity contribution < 1.29 is 4.79 Å². The van der Waals surface area contributed by atoms with Crippen molar-refractivity contribution in [2.24, 2.45) is 0 Å². The number of carbonyl (C=O) groups excluding carboxylic acids is 1. The minimum Gasteiger partial charge on any atom is -0.339 e. The number of hydrogen-bond donors (Lipinski definition) is 1. The number of benzene rings is 1. The van der Waals surface area contributed by atoms with E-state index < -0.39 is 0 Å². The van der Waals surface area contributed by atoms with E-state index in [0.29, 0.717) is 5.16 Å². The first-order chi connectivity index (χ1) is 12.1. The second kappa shape index (κ2) is 8.01. The number of amides is 1. The fraction of sp³-hybridized carbons (Fsp3) is 0.500. The number of piperazine rings is 1. The number of thioether (sulfide) groups is 1. The van der Waals surface area contributed by atoms with Crippen molar-refractivity contribution in [1.82, 2.24) is 25.0 Å². The molecule has 1 amide bonds. The monoisotopic (exact) mass is 359 g/mol. The van der Waals surface area contributed by atoms with E-state index in [9.17, 15) is 4.79 Å². The van der Waals surface area contributed by atoms with Gasteiger partial charge in [0.1, 0.15) is 0 Å². The number of likely N-dealkylation sites (N-methyl/N-ethyl adjacent to an activating group) is 1. The Morgan fingerprint density at radius 2 is 1.92 bits per heavy atom. The maximum absolute atomic E-state index is 12.6. The summed E-state index contributed by atoms with van der Waals surface area (Å²) in [5.41, 5.74) is 2.21. The molecule has 0 aliphatic carbocycles. The van der Waals surface area contributed by atoms with E-state index >= 15 is 0 Å². The van der Waals surface area contributed by atoms with Crippen LogP contribution in [-0.4, -0.2) is 68.9 Å². The maximum atomic E-state index is 12.6. The third kappa shape index (κ3) is 4.41. The van der Waals surface area contributed by atoms with Crippen LogP contribution < -0.4 is 0 Å². The predicted octanol–water partition coefficient (Wildman–Crippen LogP) is 2.42. The van der Waals surface area contributed by atoms with Crippen LogP contribution in [0.3, 0.4) is 0 Å². The van der Waals surface area contributed by atoms with Crippen molar-refractivity contribution >= 4 is 17.7 Å². The number of hydrogen-bond acceptors (Lipinski definition) is 5. The van der Waals surface area contributed by atoms with Crippen molar-refractivity contribution in [3.05, 3.63) is 29.8 Å². The quantitative estimate of drug-likeness (QED) is 0.831. The number of aromatic amines is 1. The average molecular weight is 359 g/mol. The van der Waals surface area contributed by atoms with Crippen LogP contribution in [0.1, 0.15) is 19.4 Å². The highest BCUT2D eigenvalue weighted by atomic mass is 32.2. The number of H-pyrrole nitrogens is 1. The van der Waals surface area contributed by atoms with Crippen LogP contribution >= 0.6 is 11.8 Å². The molecule has 1 atom stereocenters. The summed E-state index contributed by atoms with van der Waals surface area (Å²) in [6.45, 7) is 10.7. The maximum Gasteiger partial charge on any atom is 0.235 e. The van der Waals surface area contributed by atoms with Crippen LogP contribution in [0.5, 0.6) is 0 Å². The SMILES string of the molecule is CCN1CCN(C(=O)[C@@H](C)Sc2n[nH]c(-c3ccc(C)cc3)n2)CC1. The van der Waals surface area contributed by atoms with Gasteiger partial charge in [-0.1, -0.05) is 48.5 Å². The Morgan fingerprint density at radius 3 is 2.56 bits per heavy atom. The predicted molar refractivity (Wildman–Crippen MR) is 101 cm³/mol. The Morgan fingerprint density at radius 1 is 1.24 bits per heavy atom. The van der Waals surface area contributed by atoms with Gasteiger partial charge < -0.3 is 9.80 Å². The summed E-state index contributed by atoms with van der Waals surface area (Å²) in [5, 5.41) is 7.65. The fourth-order valence-corrected chi connectivity index (χ4v) is 3.70. The molecule has 0 radical (unpaired) electrons. The van der Waals surface area contributed by atoms with Crippen molar-refractivity contribution in [3.63, 3.8) is 0 Å². The number of rotatable bonds is 5. The Balaban J connectivity index is 1.59. The lowest BCUT2D eigenvalue weighted by molar-refractivity contribution is -0.132. The second-order valence-corrected chi connectivity index (χ2v) is 7.66. The van der Waals surface area contributed by atoms with E-state index in [4.69, 9.17) is 0 Å². The summed E-state index contributed by atoms with van der Waals surface area (Å²) < 4.78 is 0. The largest absolute Gasteiger partial charge is 0.339 e. The van der Waals surface area contributed by atoms with Crippen molar-refractivity contribution in [3.8, 4) is 11.4 Å². The van der Waals surface area contributed by atoms with Crippen LogP contribution in [0.4, 0.5) is 0 Å². The van der Waals surface area contributed by atoms with Gasteiger partial charge in [-0.15, -0.1) is 5.10 Å². The van der Waals surface area contributed by atoms with Gasteiger partial charge in [0, 0.05) is 31.7 Å². The minimum absolute atomic E-state index is 0.169. The molecule has 1 aliphatic rings. The lowest BCUT2D eigenvalue weighted by Crippen LogP contribution is -2.50. The first-order valence-electron chi connectivity index (χ1n) is 8.74. The van der Waals surface area contributed by atoms with Crippen LogP contribution in [0.2, 0.25) is 0 Å². The molecule has 1 aromatic heterocycles. The van der Waals surface area contributed by atoms with Crippen LogP contribution in [0, 0.1) is 6.92 Å². The van der Waals surface area contributed by atoms with Gasteiger partial charge >= 0.3 is 0 Å². The highest BCUT2D eigenvalue weighted by molar-refractivity contribution is 8.00. The third-order valence-electron chi connectivity index (χ3n) is 4.55. The number of nitrogens with one attached hydrogen (secondary N) is 1. The molecule has 134 valence electrons. The van der Waals surface area contributed by atoms with Gasteiger partial charge in [0.25, 0.3) is 0 Å². The molecule has 7 heteroatoms. The van der Waals surface area contributed by atoms with Crippen LogP contribution in [0.25, 0.3) is 11.4 Å². The first-order valence-corrected chi connectivity index (χ1v) is 9.62. The van der Waals surface area contributed by atoms with Crippen molar-refractivity contribution in [2.75, 3.05) is 32.7 Å². The molecule has 6 nitrogen and oxygen atoms in total. The molecule has 2 aromatic rings. The lowest BCUT2D eigenvalue weighted by atomic mass is 10.1. The Labute approximate surface area is 153 Å². The number of aromatic nitrogens is 3. The normalized spacial score (nSPS) is 16.8. The zero-order valence-electron chi connectivity index (χ0n) is 15.0. The minimum atomic E-state index is -0.185. The summed E-state index contributed by atoms with van der Waals surface area (Å²) in [4.78, 5) is 21.5. The first kappa shape index (κ1) is 17.9. The molecule has 3 rings (SSSR count). The van der Waals surface area contributed by atoms with E-state index in [2.05, 4.69) is 33.9 Å². The van der Waals surface area contributed by atoms with Crippen molar-refractivity contribution in [2.45, 2.75) is 31.2 Å². The van der Waals surface area contributed by atoms with E-state index in [1.54, 1.807) is 0 Å². The third-order valence-corrected chi connectivity index (χ3v) is 5.50. The molecule has 1 saturated heterocycles. The van der Waals surface area contributed by atoms with Crippen LogP contribution in [0.15, 0.2) is 29.4 Å². The van der Waals surface area contributed by atoms with Gasteiger partial charge in [0.05, 0.1) is 5.25 Å². The van der Waals surface area contributed by atoms with E-state index in [0.717, 1.165) is 44.1 Å². The topological polar surface area (TPSA) is 65.1 Å². The highest BCUT2D eigenvalue weighted by Gasteiger charge is 2.26. The molecular weight excluding hydrogens is 334 g/mol. The molecule has 1 aromatic carbocycles. The Bertz CT molecular complexity index is 707. The molecule has 0 saturated carbocycles. The zero-order valence-corrected chi connectivity index (χ0v) is 15.8. The summed E-state index contributed by atoms with van der Waals surface area (Å²) >= 11 is 1.41. The van der Waals surface area contributed by atoms with E-state index in [1.807, 2.05) is 36.1 Å². The standard InChI is InChI=1S/C18H25N5OS/c1-4-22-9-11-23(12-10-22)17(24)14(3)25-18-19-16(20-21-18)15-7-5-13(2)6-8-15/h5-8,14H,4,9-12H2,1-3H3,(H,19,20,21)/t14-/m1/s1. The Kier molecular flexibility index (Phi) is 5.75. The van der Waals surface area contributed by atoms with Crippen LogP contribution in [-0.2, 0) is 4.79 Å². The van der Waals surface area contributed by atoms with Gasteiger partial charge in [0.2, 0.25) is 11.1 Å². The number of aryl methyl sites for hydroxylation is 1. The molecule has 1 fully saturated rings. The molecular formula is C18H25N5OS. The van der Waals surface area contributed by atoms with Gasteiger partial charge in [-0.3, -0.25) is 9.89 Å². The van der Waals surface area contributed by atoms with Gasteiger partial charge in [-0.25, -0.2) is 4.98 Å². The summed E-state index contributed by atoms with van der Waals surface area (Å²) in [6, 6.07) is 8.14. The fourth-order valence-electron chi connectivity index (χ4n) is 2.89. The van der Waals surface area contributed by atoms with Gasteiger partial charge in [-0.05, 0) is 20.4 Å². The molecule has 1 aliphatic heterocycles. The summed E-state index contributed by atoms with van der Waals surface area (Å²) in [7, 11) is 0. The van der Waals surface area contributed by atoms with Gasteiger partial charge in [0.15, 0.2) is 5.82 Å². The lowest BCUT2D eigenvalue weighted by Gasteiger charge is -2.35. The van der Waals surface area contributed by atoms with Crippen molar-refractivity contribution in [1.29, 1.82) is 0 Å². The highest BCUT2D eigenvalue weighted by Crippen LogP contribution is 2.24. The molecule has 0 spiro atoms. The Hall–Kier alpha value is -1.86. The number of nitrogens with zero attached hydrogens (tertiary/aromatic N) is 4. The number of carbonyl (C=O) groups is 1. The summed E-state index contributed by atoms with van der Waals surface area (Å²) in [5.74, 6) is 0.904. The summed E-state index contributed by atoms with van der Waals surface area (Å²) in [6.07, 6.45) is 0. The smallest absolute Gasteiger partial charge is 0.235 e. The molecule has 0 bridgehead atoms. The molecule has 25 heavy (non-hydrogen) atoms. The molecule has 2 heterocycles. The van der Waals surface area contributed by atoms with Gasteiger partial charge in [-0.2, -0.15) is 0 Å².